The number of nitrogens with one attached hydrogen (secondary N) is 1. The summed E-state index contributed by atoms with van der Waals surface area (Å²) in [6, 6.07) is 17.2. The SMILES string of the molecule is COc1cc2c(cc1NC(=O)CSc1nncn1-c1ccc(C)c(Cl)c1)oc1ccccc12. The highest BCUT2D eigenvalue weighted by atomic mass is 35.5. The van der Waals surface area contributed by atoms with Crippen molar-refractivity contribution in [2.24, 2.45) is 0 Å². The van der Waals surface area contributed by atoms with Crippen molar-refractivity contribution < 1.29 is 13.9 Å². The van der Waals surface area contributed by atoms with Crippen molar-refractivity contribution >= 4 is 56.9 Å². The summed E-state index contributed by atoms with van der Waals surface area (Å²) < 4.78 is 13.2. The summed E-state index contributed by atoms with van der Waals surface area (Å²) in [7, 11) is 1.57. The van der Waals surface area contributed by atoms with Crippen LogP contribution in [0.5, 0.6) is 5.75 Å². The quantitative estimate of drug-likeness (QED) is 0.307. The van der Waals surface area contributed by atoms with Crippen LogP contribution in [0.1, 0.15) is 5.56 Å². The van der Waals surface area contributed by atoms with Gasteiger partial charge in [-0.1, -0.05) is 47.6 Å². The number of rotatable bonds is 6. The van der Waals surface area contributed by atoms with Gasteiger partial charge in [-0.3, -0.25) is 9.36 Å². The van der Waals surface area contributed by atoms with E-state index in [0.717, 1.165) is 27.6 Å². The maximum Gasteiger partial charge on any atom is 0.234 e. The Morgan fingerprint density at radius 3 is 2.82 bits per heavy atom. The highest BCUT2D eigenvalue weighted by molar-refractivity contribution is 7.99. The number of aromatic nitrogens is 3. The minimum absolute atomic E-state index is 0.139. The molecule has 0 atom stereocenters. The lowest BCUT2D eigenvalue weighted by molar-refractivity contribution is -0.113. The molecule has 5 aromatic rings. The summed E-state index contributed by atoms with van der Waals surface area (Å²) in [4.78, 5) is 12.7. The van der Waals surface area contributed by atoms with Crippen LogP contribution in [0.2, 0.25) is 5.02 Å². The van der Waals surface area contributed by atoms with E-state index >= 15 is 0 Å². The average molecular weight is 479 g/mol. The molecule has 0 aliphatic heterocycles. The van der Waals surface area contributed by atoms with Crippen molar-refractivity contribution in [3.8, 4) is 11.4 Å². The predicted octanol–water partition coefficient (Wildman–Crippen LogP) is 5.87. The molecule has 9 heteroatoms. The van der Waals surface area contributed by atoms with Gasteiger partial charge in [-0.05, 0) is 36.8 Å². The van der Waals surface area contributed by atoms with Gasteiger partial charge in [0.25, 0.3) is 0 Å². The van der Waals surface area contributed by atoms with E-state index in [1.165, 1.54) is 11.8 Å². The second-order valence-electron chi connectivity index (χ2n) is 7.40. The Hall–Kier alpha value is -3.49. The topological polar surface area (TPSA) is 82.2 Å². The molecule has 5 rings (SSSR count). The molecule has 2 aromatic heterocycles. The number of fused-ring (bicyclic) bond motifs is 3. The highest BCUT2D eigenvalue weighted by Gasteiger charge is 2.16. The Balaban J connectivity index is 1.34. The van der Waals surface area contributed by atoms with E-state index in [1.807, 2.05) is 55.5 Å². The van der Waals surface area contributed by atoms with Crippen molar-refractivity contribution in [1.29, 1.82) is 0 Å². The summed E-state index contributed by atoms with van der Waals surface area (Å²) in [6.07, 6.45) is 1.60. The number of aryl methyl sites for hydroxylation is 1. The van der Waals surface area contributed by atoms with Crippen LogP contribution in [0.4, 0.5) is 5.69 Å². The number of benzene rings is 3. The van der Waals surface area contributed by atoms with Crippen LogP contribution in [0.3, 0.4) is 0 Å². The van der Waals surface area contributed by atoms with E-state index in [9.17, 15) is 4.79 Å². The molecule has 0 radical (unpaired) electrons. The van der Waals surface area contributed by atoms with E-state index in [0.29, 0.717) is 27.2 Å². The van der Waals surface area contributed by atoms with Crippen LogP contribution in [-0.2, 0) is 4.79 Å². The van der Waals surface area contributed by atoms with E-state index in [1.54, 1.807) is 24.1 Å². The molecule has 0 fully saturated rings. The third kappa shape index (κ3) is 4.15. The Kier molecular flexibility index (Phi) is 5.70. The van der Waals surface area contributed by atoms with Crippen molar-refractivity contribution in [2.45, 2.75) is 12.1 Å². The standard InChI is InChI=1S/C24H19ClN4O3S/c1-14-7-8-15(9-18(14)25)29-13-26-28-24(29)33-12-23(30)27-19-11-21-17(10-22(19)31-2)16-5-3-4-6-20(16)32-21/h3-11,13H,12H2,1-2H3,(H,27,30). The molecule has 166 valence electrons. The lowest BCUT2D eigenvalue weighted by atomic mass is 10.1. The summed E-state index contributed by atoms with van der Waals surface area (Å²) in [6.45, 7) is 1.94. The van der Waals surface area contributed by atoms with Crippen molar-refractivity contribution in [3.05, 3.63) is 71.5 Å². The third-order valence-electron chi connectivity index (χ3n) is 5.26. The number of nitrogens with zero attached hydrogens (tertiary/aromatic N) is 3. The van der Waals surface area contributed by atoms with Crippen LogP contribution in [0, 0.1) is 6.92 Å². The molecule has 0 aliphatic carbocycles. The third-order valence-corrected chi connectivity index (χ3v) is 6.61. The van der Waals surface area contributed by atoms with E-state index in [-0.39, 0.29) is 11.7 Å². The number of para-hydroxylation sites is 1. The largest absolute Gasteiger partial charge is 0.495 e. The fourth-order valence-electron chi connectivity index (χ4n) is 3.57. The van der Waals surface area contributed by atoms with Gasteiger partial charge in [0.2, 0.25) is 5.91 Å². The van der Waals surface area contributed by atoms with Gasteiger partial charge in [0.1, 0.15) is 23.2 Å². The first kappa shape index (κ1) is 21.4. The summed E-state index contributed by atoms with van der Waals surface area (Å²) in [5, 5.41) is 14.2. The number of thioether (sulfide) groups is 1. The fourth-order valence-corrected chi connectivity index (χ4v) is 4.47. The summed E-state index contributed by atoms with van der Waals surface area (Å²) >= 11 is 7.53. The molecule has 0 bridgehead atoms. The molecule has 33 heavy (non-hydrogen) atoms. The Bertz CT molecular complexity index is 1490. The van der Waals surface area contributed by atoms with Crippen LogP contribution in [0.15, 0.2) is 70.5 Å². The molecule has 0 spiro atoms. The number of amides is 1. The number of anilines is 1. The maximum absolute atomic E-state index is 12.7. The fraction of sp³-hybridized carbons (Fsp3) is 0.125. The number of hydrogen-bond donors (Lipinski definition) is 1. The zero-order chi connectivity index (χ0) is 22.9. The minimum Gasteiger partial charge on any atom is -0.495 e. The minimum atomic E-state index is -0.203. The number of hydrogen-bond acceptors (Lipinski definition) is 6. The van der Waals surface area contributed by atoms with Gasteiger partial charge in [-0.2, -0.15) is 0 Å². The van der Waals surface area contributed by atoms with Gasteiger partial charge in [-0.15, -0.1) is 10.2 Å². The van der Waals surface area contributed by atoms with Gasteiger partial charge in [0, 0.05) is 21.9 Å². The molecule has 0 unspecified atom stereocenters. The first-order valence-corrected chi connectivity index (χ1v) is 11.5. The molecular formula is C24H19ClN4O3S. The van der Waals surface area contributed by atoms with Crippen molar-refractivity contribution in [2.75, 3.05) is 18.2 Å². The van der Waals surface area contributed by atoms with Crippen LogP contribution in [0.25, 0.3) is 27.6 Å². The maximum atomic E-state index is 12.7. The molecule has 0 saturated heterocycles. The number of carbonyl (C=O) groups excluding carboxylic acids is 1. The zero-order valence-corrected chi connectivity index (χ0v) is 19.4. The molecule has 7 nitrogen and oxygen atoms in total. The smallest absolute Gasteiger partial charge is 0.234 e. The first-order valence-electron chi connectivity index (χ1n) is 10.1. The second-order valence-corrected chi connectivity index (χ2v) is 8.75. The van der Waals surface area contributed by atoms with Crippen molar-refractivity contribution in [3.63, 3.8) is 0 Å². The van der Waals surface area contributed by atoms with E-state index in [2.05, 4.69) is 15.5 Å². The molecule has 0 aliphatic rings. The van der Waals surface area contributed by atoms with Crippen molar-refractivity contribution in [1.82, 2.24) is 14.8 Å². The Morgan fingerprint density at radius 2 is 2.00 bits per heavy atom. The summed E-state index contributed by atoms with van der Waals surface area (Å²) in [5.74, 6) is 0.495. The van der Waals surface area contributed by atoms with Gasteiger partial charge in [-0.25, -0.2) is 0 Å². The van der Waals surface area contributed by atoms with Gasteiger partial charge in [0.05, 0.1) is 24.2 Å². The van der Waals surface area contributed by atoms with Crippen LogP contribution >= 0.6 is 23.4 Å². The number of methoxy groups -OCH3 is 1. The first-order chi connectivity index (χ1) is 16.0. The number of ether oxygens (including phenoxy) is 1. The lowest BCUT2D eigenvalue weighted by Crippen LogP contribution is -2.15. The van der Waals surface area contributed by atoms with Gasteiger partial charge < -0.3 is 14.5 Å². The highest BCUT2D eigenvalue weighted by Crippen LogP contribution is 2.36. The monoisotopic (exact) mass is 478 g/mol. The summed E-state index contributed by atoms with van der Waals surface area (Å²) in [5.41, 5.74) is 3.81. The predicted molar refractivity (Wildman–Crippen MR) is 131 cm³/mol. The average Bonchev–Trinajstić information content (AvgIpc) is 3.43. The number of furan rings is 1. The van der Waals surface area contributed by atoms with Gasteiger partial charge in [0.15, 0.2) is 5.16 Å². The zero-order valence-electron chi connectivity index (χ0n) is 17.8. The van der Waals surface area contributed by atoms with E-state index in [4.69, 9.17) is 20.8 Å². The Morgan fingerprint density at radius 1 is 1.15 bits per heavy atom. The molecule has 1 N–H and O–H groups in total. The number of carbonyl (C=O) groups is 1. The second kappa shape index (κ2) is 8.80. The van der Waals surface area contributed by atoms with Crippen LogP contribution < -0.4 is 10.1 Å². The Labute approximate surface area is 198 Å². The number of halogens is 1. The van der Waals surface area contributed by atoms with E-state index < -0.39 is 0 Å². The van der Waals surface area contributed by atoms with Gasteiger partial charge >= 0.3 is 0 Å². The normalized spacial score (nSPS) is 11.2. The molecule has 0 saturated carbocycles. The molecule has 2 heterocycles. The molecule has 1 amide bonds. The lowest BCUT2D eigenvalue weighted by Gasteiger charge is -2.11. The van der Waals surface area contributed by atoms with Crippen LogP contribution in [-0.4, -0.2) is 33.5 Å². The molecule has 3 aromatic carbocycles. The molecular weight excluding hydrogens is 460 g/mol.